The highest BCUT2D eigenvalue weighted by Crippen LogP contribution is 2.25. The summed E-state index contributed by atoms with van der Waals surface area (Å²) in [6.45, 7) is 0. The van der Waals surface area contributed by atoms with Gasteiger partial charge >= 0.3 is 0 Å². The lowest BCUT2D eigenvalue weighted by Crippen LogP contribution is -2.29. The first kappa shape index (κ1) is 13.9. The van der Waals surface area contributed by atoms with Crippen molar-refractivity contribution in [2.45, 2.75) is 0 Å². The predicted molar refractivity (Wildman–Crippen MR) is 75.5 cm³/mol. The number of aromatic nitrogens is 2. The van der Waals surface area contributed by atoms with Gasteiger partial charge in [0.1, 0.15) is 0 Å². The molecule has 2 heterocycles. The number of pyridine rings is 2. The van der Waals surface area contributed by atoms with Crippen LogP contribution in [0.2, 0.25) is 0 Å². The van der Waals surface area contributed by atoms with Crippen LogP contribution in [0.1, 0.15) is 10.4 Å². The van der Waals surface area contributed by atoms with Crippen LogP contribution in [-0.2, 0) is 0 Å². The van der Waals surface area contributed by atoms with Crippen LogP contribution in [0.15, 0.2) is 36.8 Å². The Hall–Kier alpha value is -2.50. The van der Waals surface area contributed by atoms with Crippen molar-refractivity contribution in [1.82, 2.24) is 9.97 Å². The Kier molecular flexibility index (Phi) is 3.93. The zero-order valence-electron chi connectivity index (χ0n) is 11.5. The molecular formula is C14H15FN4O. The molecule has 2 rings (SSSR count). The van der Waals surface area contributed by atoms with Crippen LogP contribution in [0.25, 0.3) is 0 Å². The average Bonchev–Trinajstić information content (AvgIpc) is 2.46. The van der Waals surface area contributed by atoms with Gasteiger partial charge in [0.25, 0.3) is 5.91 Å². The summed E-state index contributed by atoms with van der Waals surface area (Å²) in [6.07, 6.45) is 4.06. The summed E-state index contributed by atoms with van der Waals surface area (Å²) in [5, 5.41) is 0. The molecule has 0 aliphatic rings. The van der Waals surface area contributed by atoms with Crippen molar-refractivity contribution in [1.29, 1.82) is 0 Å². The van der Waals surface area contributed by atoms with Crippen molar-refractivity contribution >= 4 is 17.4 Å². The molecule has 0 aliphatic carbocycles. The fourth-order valence-electron chi connectivity index (χ4n) is 1.83. The molecule has 0 radical (unpaired) electrons. The maximum absolute atomic E-state index is 13.6. The molecule has 0 aromatic carbocycles. The van der Waals surface area contributed by atoms with Crippen molar-refractivity contribution in [2.75, 3.05) is 30.9 Å². The van der Waals surface area contributed by atoms with Gasteiger partial charge < -0.3 is 9.80 Å². The second-order valence-corrected chi connectivity index (χ2v) is 4.46. The number of anilines is 2. The summed E-state index contributed by atoms with van der Waals surface area (Å²) in [5.41, 5.74) is 0.592. The van der Waals surface area contributed by atoms with Crippen LogP contribution in [0.4, 0.5) is 15.9 Å². The molecule has 104 valence electrons. The Labute approximate surface area is 116 Å². The molecule has 2 aromatic heterocycles. The second-order valence-electron chi connectivity index (χ2n) is 4.46. The minimum Gasteiger partial charge on any atom is -0.361 e. The number of nitrogens with zero attached hydrogens (tertiary/aromatic N) is 4. The summed E-state index contributed by atoms with van der Waals surface area (Å²) in [4.78, 5) is 23.4. The Balaban J connectivity index is 2.40. The van der Waals surface area contributed by atoms with Crippen LogP contribution in [-0.4, -0.2) is 37.0 Å². The average molecular weight is 274 g/mol. The third kappa shape index (κ3) is 2.59. The van der Waals surface area contributed by atoms with Gasteiger partial charge in [0.15, 0.2) is 11.6 Å². The minimum atomic E-state index is -0.639. The lowest BCUT2D eigenvalue weighted by atomic mass is 10.2. The third-order valence-electron chi connectivity index (χ3n) is 2.86. The topological polar surface area (TPSA) is 49.3 Å². The quantitative estimate of drug-likeness (QED) is 0.858. The van der Waals surface area contributed by atoms with Gasteiger partial charge in [-0.15, -0.1) is 0 Å². The highest BCUT2D eigenvalue weighted by Gasteiger charge is 2.20. The van der Waals surface area contributed by atoms with Gasteiger partial charge in [-0.05, 0) is 18.2 Å². The lowest BCUT2D eigenvalue weighted by Gasteiger charge is -2.23. The van der Waals surface area contributed by atoms with Crippen LogP contribution in [0.5, 0.6) is 0 Å². The number of hydrogen-bond acceptors (Lipinski definition) is 4. The fourth-order valence-corrected chi connectivity index (χ4v) is 1.83. The van der Waals surface area contributed by atoms with Gasteiger partial charge in [0.2, 0.25) is 0 Å². The van der Waals surface area contributed by atoms with E-state index in [1.807, 2.05) is 14.1 Å². The normalized spacial score (nSPS) is 10.2. The molecule has 0 fully saturated rings. The number of amides is 1. The van der Waals surface area contributed by atoms with Crippen molar-refractivity contribution in [2.24, 2.45) is 0 Å². The van der Waals surface area contributed by atoms with E-state index in [0.717, 1.165) is 6.20 Å². The fraction of sp³-hybridized carbons (Fsp3) is 0.214. The smallest absolute Gasteiger partial charge is 0.261 e. The zero-order chi connectivity index (χ0) is 14.7. The number of carbonyl (C=O) groups is 1. The molecule has 0 bridgehead atoms. The zero-order valence-corrected chi connectivity index (χ0v) is 11.5. The first-order chi connectivity index (χ1) is 9.52. The van der Waals surface area contributed by atoms with E-state index in [0.29, 0.717) is 11.5 Å². The van der Waals surface area contributed by atoms with E-state index in [1.165, 1.54) is 17.2 Å². The Morgan fingerprint density at radius 3 is 2.60 bits per heavy atom. The molecule has 0 saturated heterocycles. The van der Waals surface area contributed by atoms with Crippen LogP contribution in [0.3, 0.4) is 0 Å². The van der Waals surface area contributed by atoms with E-state index in [1.54, 1.807) is 30.3 Å². The van der Waals surface area contributed by atoms with E-state index in [-0.39, 0.29) is 5.56 Å². The van der Waals surface area contributed by atoms with Gasteiger partial charge in [-0.3, -0.25) is 9.78 Å². The van der Waals surface area contributed by atoms with Gasteiger partial charge in [-0.2, -0.15) is 0 Å². The standard InChI is InChI=1S/C14H15FN4O/c1-18(2)13-12(5-4-7-17-13)19(3)14(20)10-6-8-16-9-11(10)15/h4-9H,1-3H3. The van der Waals surface area contributed by atoms with E-state index < -0.39 is 11.7 Å². The number of carbonyl (C=O) groups excluding carboxylic acids is 1. The molecule has 0 atom stereocenters. The minimum absolute atomic E-state index is 0.0175. The molecule has 1 amide bonds. The summed E-state index contributed by atoms with van der Waals surface area (Å²) in [7, 11) is 5.25. The van der Waals surface area contributed by atoms with E-state index >= 15 is 0 Å². The molecule has 0 spiro atoms. The SMILES string of the molecule is CN(C)c1ncccc1N(C)C(=O)c1ccncc1F. The molecular weight excluding hydrogens is 259 g/mol. The number of rotatable bonds is 3. The molecule has 0 N–H and O–H groups in total. The Bertz CT molecular complexity index is 630. The van der Waals surface area contributed by atoms with Gasteiger partial charge in [-0.1, -0.05) is 0 Å². The molecule has 5 nitrogen and oxygen atoms in total. The summed E-state index contributed by atoms with van der Waals surface area (Å²) < 4.78 is 13.6. The molecule has 2 aromatic rings. The van der Waals surface area contributed by atoms with E-state index in [9.17, 15) is 9.18 Å². The van der Waals surface area contributed by atoms with Crippen LogP contribution < -0.4 is 9.80 Å². The third-order valence-corrected chi connectivity index (χ3v) is 2.86. The van der Waals surface area contributed by atoms with Crippen molar-refractivity contribution in [3.05, 3.63) is 48.2 Å². The lowest BCUT2D eigenvalue weighted by molar-refractivity contribution is 0.0989. The highest BCUT2D eigenvalue weighted by molar-refractivity contribution is 6.07. The van der Waals surface area contributed by atoms with Gasteiger partial charge in [0, 0.05) is 33.5 Å². The van der Waals surface area contributed by atoms with E-state index in [4.69, 9.17) is 0 Å². The Morgan fingerprint density at radius 1 is 1.20 bits per heavy atom. The van der Waals surface area contributed by atoms with Crippen molar-refractivity contribution < 1.29 is 9.18 Å². The van der Waals surface area contributed by atoms with Crippen LogP contribution in [0, 0.1) is 5.82 Å². The maximum Gasteiger partial charge on any atom is 0.261 e. The molecule has 0 saturated carbocycles. The second kappa shape index (κ2) is 5.64. The van der Waals surface area contributed by atoms with Gasteiger partial charge in [-0.25, -0.2) is 9.37 Å². The monoisotopic (exact) mass is 274 g/mol. The summed E-state index contributed by atoms with van der Waals surface area (Å²) in [5.74, 6) is -0.446. The highest BCUT2D eigenvalue weighted by atomic mass is 19.1. The van der Waals surface area contributed by atoms with E-state index in [2.05, 4.69) is 9.97 Å². The largest absolute Gasteiger partial charge is 0.361 e. The number of halogens is 1. The first-order valence-electron chi connectivity index (χ1n) is 6.02. The summed E-state index contributed by atoms with van der Waals surface area (Å²) in [6, 6.07) is 4.86. The number of hydrogen-bond donors (Lipinski definition) is 0. The molecule has 0 aliphatic heterocycles. The summed E-state index contributed by atoms with van der Waals surface area (Å²) >= 11 is 0. The van der Waals surface area contributed by atoms with Gasteiger partial charge in [0.05, 0.1) is 17.4 Å². The molecule has 6 heteroatoms. The predicted octanol–water partition coefficient (Wildman–Crippen LogP) is 1.96. The molecule has 0 unspecified atom stereocenters. The van der Waals surface area contributed by atoms with Crippen molar-refractivity contribution in [3.8, 4) is 0 Å². The van der Waals surface area contributed by atoms with Crippen molar-refractivity contribution in [3.63, 3.8) is 0 Å². The first-order valence-corrected chi connectivity index (χ1v) is 6.02. The molecule has 20 heavy (non-hydrogen) atoms. The van der Waals surface area contributed by atoms with Crippen LogP contribution >= 0.6 is 0 Å². The Morgan fingerprint density at radius 2 is 1.95 bits per heavy atom. The maximum atomic E-state index is 13.6.